The quantitative estimate of drug-likeness (QED) is 0.836. The van der Waals surface area contributed by atoms with Crippen LogP contribution in [0.5, 0.6) is 0 Å². The minimum absolute atomic E-state index is 0.200. The Balaban J connectivity index is 2.75. The fourth-order valence-corrected chi connectivity index (χ4v) is 1.79. The van der Waals surface area contributed by atoms with Gasteiger partial charge in [0.15, 0.2) is 0 Å². The highest BCUT2D eigenvalue weighted by atomic mass is 35.5. The van der Waals surface area contributed by atoms with E-state index in [1.165, 1.54) is 6.07 Å². The van der Waals surface area contributed by atoms with Crippen molar-refractivity contribution < 1.29 is 4.39 Å². The molecule has 3 heteroatoms. The normalized spacial score (nSPS) is 13.2. The molecular formula is C12H17ClFN. The van der Waals surface area contributed by atoms with Crippen molar-refractivity contribution in [2.75, 3.05) is 7.05 Å². The summed E-state index contributed by atoms with van der Waals surface area (Å²) in [4.78, 5) is 0. The third-order valence-corrected chi connectivity index (χ3v) is 2.90. The highest BCUT2D eigenvalue weighted by molar-refractivity contribution is 6.30. The van der Waals surface area contributed by atoms with E-state index in [4.69, 9.17) is 11.6 Å². The number of halogens is 2. The van der Waals surface area contributed by atoms with Crippen molar-refractivity contribution in [1.82, 2.24) is 5.32 Å². The molecule has 84 valence electrons. The number of hydrogen-bond donors (Lipinski definition) is 1. The molecule has 0 saturated carbocycles. The SMILES string of the molecule is CNC(Cc1ccc(F)c(Cl)c1)C(C)C. The summed E-state index contributed by atoms with van der Waals surface area (Å²) in [6.45, 7) is 4.32. The second-order valence-corrected chi connectivity index (χ2v) is 4.50. The molecule has 1 unspecified atom stereocenters. The van der Waals surface area contributed by atoms with E-state index in [9.17, 15) is 4.39 Å². The number of hydrogen-bond acceptors (Lipinski definition) is 1. The van der Waals surface area contributed by atoms with Gasteiger partial charge in [0.2, 0.25) is 0 Å². The lowest BCUT2D eigenvalue weighted by atomic mass is 9.97. The Hall–Kier alpha value is -0.600. The van der Waals surface area contributed by atoms with Gasteiger partial charge in [-0.2, -0.15) is 0 Å². The summed E-state index contributed by atoms with van der Waals surface area (Å²) < 4.78 is 12.9. The molecule has 0 saturated heterocycles. The molecule has 15 heavy (non-hydrogen) atoms. The van der Waals surface area contributed by atoms with Gasteiger partial charge in [0, 0.05) is 6.04 Å². The zero-order chi connectivity index (χ0) is 11.4. The topological polar surface area (TPSA) is 12.0 Å². The predicted octanol–water partition coefficient (Wildman–Crippen LogP) is 3.27. The van der Waals surface area contributed by atoms with Crippen LogP contribution < -0.4 is 5.32 Å². The van der Waals surface area contributed by atoms with E-state index in [0.717, 1.165) is 12.0 Å². The lowest BCUT2D eigenvalue weighted by Gasteiger charge is -2.20. The van der Waals surface area contributed by atoms with Crippen LogP contribution in [0.25, 0.3) is 0 Å². The van der Waals surface area contributed by atoms with E-state index < -0.39 is 0 Å². The molecule has 1 N–H and O–H groups in total. The maximum Gasteiger partial charge on any atom is 0.141 e. The zero-order valence-electron chi connectivity index (χ0n) is 9.35. The first-order valence-electron chi connectivity index (χ1n) is 5.15. The van der Waals surface area contributed by atoms with Crippen molar-refractivity contribution in [2.45, 2.75) is 26.3 Å². The third-order valence-electron chi connectivity index (χ3n) is 2.62. The fourth-order valence-electron chi connectivity index (χ4n) is 1.59. The highest BCUT2D eigenvalue weighted by Gasteiger charge is 2.12. The summed E-state index contributed by atoms with van der Waals surface area (Å²) >= 11 is 5.72. The first kappa shape index (κ1) is 12.5. The van der Waals surface area contributed by atoms with Gasteiger partial charge in [0.05, 0.1) is 5.02 Å². The Morgan fingerprint density at radius 1 is 1.40 bits per heavy atom. The van der Waals surface area contributed by atoms with Crippen LogP contribution >= 0.6 is 11.6 Å². The maximum atomic E-state index is 12.9. The van der Waals surface area contributed by atoms with Gasteiger partial charge in [0.1, 0.15) is 5.82 Å². The highest BCUT2D eigenvalue weighted by Crippen LogP contribution is 2.18. The summed E-state index contributed by atoms with van der Waals surface area (Å²) in [5, 5.41) is 3.45. The smallest absolute Gasteiger partial charge is 0.141 e. The van der Waals surface area contributed by atoms with Crippen molar-refractivity contribution in [3.05, 3.63) is 34.6 Å². The molecule has 0 bridgehead atoms. The lowest BCUT2D eigenvalue weighted by molar-refractivity contribution is 0.424. The Kier molecular flexibility index (Phi) is 4.55. The van der Waals surface area contributed by atoms with E-state index in [1.807, 2.05) is 7.05 Å². The van der Waals surface area contributed by atoms with E-state index in [2.05, 4.69) is 19.2 Å². The average molecular weight is 230 g/mol. The van der Waals surface area contributed by atoms with Crippen LogP contribution in [0.2, 0.25) is 5.02 Å². The minimum atomic E-state index is -0.356. The average Bonchev–Trinajstić information content (AvgIpc) is 2.19. The molecule has 0 fully saturated rings. The second kappa shape index (κ2) is 5.47. The second-order valence-electron chi connectivity index (χ2n) is 4.09. The summed E-state index contributed by atoms with van der Waals surface area (Å²) in [5.41, 5.74) is 1.06. The Bertz CT molecular complexity index is 325. The molecule has 0 heterocycles. The molecule has 0 aliphatic rings. The van der Waals surface area contributed by atoms with E-state index in [1.54, 1.807) is 12.1 Å². The standard InChI is InChI=1S/C12H17ClFN/c1-8(2)12(15-3)7-9-4-5-11(14)10(13)6-9/h4-6,8,12,15H,7H2,1-3H3. The summed E-state index contributed by atoms with van der Waals surface area (Å²) in [6, 6.07) is 5.30. The van der Waals surface area contributed by atoms with Crippen LogP contribution in [0.1, 0.15) is 19.4 Å². The molecule has 0 spiro atoms. The molecule has 0 aromatic heterocycles. The Morgan fingerprint density at radius 3 is 2.53 bits per heavy atom. The van der Waals surface area contributed by atoms with Gasteiger partial charge in [-0.15, -0.1) is 0 Å². The van der Waals surface area contributed by atoms with Crippen molar-refractivity contribution >= 4 is 11.6 Å². The van der Waals surface area contributed by atoms with E-state index in [-0.39, 0.29) is 10.8 Å². The summed E-state index contributed by atoms with van der Waals surface area (Å²) in [6.07, 6.45) is 0.869. The summed E-state index contributed by atoms with van der Waals surface area (Å²) in [5.74, 6) is 0.185. The Labute approximate surface area is 95.6 Å². The Morgan fingerprint density at radius 2 is 2.07 bits per heavy atom. The number of likely N-dealkylation sites (N-methyl/N-ethyl adjacent to an activating group) is 1. The van der Waals surface area contributed by atoms with Gasteiger partial charge < -0.3 is 5.32 Å². The summed E-state index contributed by atoms with van der Waals surface area (Å²) in [7, 11) is 1.94. The van der Waals surface area contributed by atoms with E-state index >= 15 is 0 Å². The third kappa shape index (κ3) is 3.47. The van der Waals surface area contributed by atoms with Crippen molar-refractivity contribution in [2.24, 2.45) is 5.92 Å². The van der Waals surface area contributed by atoms with Crippen molar-refractivity contribution in [3.63, 3.8) is 0 Å². The first-order valence-corrected chi connectivity index (χ1v) is 5.53. The molecule has 0 aliphatic heterocycles. The molecule has 1 nitrogen and oxygen atoms in total. The van der Waals surface area contributed by atoms with Gasteiger partial charge >= 0.3 is 0 Å². The lowest BCUT2D eigenvalue weighted by Crippen LogP contribution is -2.32. The monoisotopic (exact) mass is 229 g/mol. The largest absolute Gasteiger partial charge is 0.316 e. The van der Waals surface area contributed by atoms with Crippen LogP contribution in [0, 0.1) is 11.7 Å². The van der Waals surface area contributed by atoms with Gasteiger partial charge in [-0.25, -0.2) is 4.39 Å². The number of nitrogens with one attached hydrogen (secondary N) is 1. The van der Waals surface area contributed by atoms with E-state index in [0.29, 0.717) is 12.0 Å². The molecular weight excluding hydrogens is 213 g/mol. The van der Waals surface area contributed by atoms with Crippen LogP contribution in [-0.2, 0) is 6.42 Å². The molecule has 0 aliphatic carbocycles. The predicted molar refractivity (Wildman–Crippen MR) is 62.8 cm³/mol. The van der Waals surface area contributed by atoms with Gasteiger partial charge in [-0.05, 0) is 37.1 Å². The zero-order valence-corrected chi connectivity index (χ0v) is 10.1. The van der Waals surface area contributed by atoms with Crippen molar-refractivity contribution in [3.8, 4) is 0 Å². The molecule has 1 rings (SSSR count). The van der Waals surface area contributed by atoms with Crippen LogP contribution in [-0.4, -0.2) is 13.1 Å². The minimum Gasteiger partial charge on any atom is -0.316 e. The number of rotatable bonds is 4. The van der Waals surface area contributed by atoms with Crippen LogP contribution in [0.3, 0.4) is 0 Å². The van der Waals surface area contributed by atoms with Gasteiger partial charge in [-0.3, -0.25) is 0 Å². The number of benzene rings is 1. The maximum absolute atomic E-state index is 12.9. The van der Waals surface area contributed by atoms with Crippen LogP contribution in [0.4, 0.5) is 4.39 Å². The molecule has 1 aromatic carbocycles. The molecule has 1 aromatic rings. The van der Waals surface area contributed by atoms with Crippen LogP contribution in [0.15, 0.2) is 18.2 Å². The van der Waals surface area contributed by atoms with Gasteiger partial charge in [-0.1, -0.05) is 31.5 Å². The first-order chi connectivity index (χ1) is 7.04. The van der Waals surface area contributed by atoms with Gasteiger partial charge in [0.25, 0.3) is 0 Å². The molecule has 1 atom stereocenters. The van der Waals surface area contributed by atoms with Crippen molar-refractivity contribution in [1.29, 1.82) is 0 Å². The molecule has 0 radical (unpaired) electrons. The molecule has 0 amide bonds. The fraction of sp³-hybridized carbons (Fsp3) is 0.500.